The average Bonchev–Trinajstić information content (AvgIpc) is 2.97. The minimum absolute atomic E-state index is 0.125. The number of ether oxygens (including phenoxy) is 1. The van der Waals surface area contributed by atoms with Crippen molar-refractivity contribution >= 4 is 5.82 Å². The lowest BCUT2D eigenvalue weighted by atomic mass is 9.99. The first-order valence-corrected chi connectivity index (χ1v) is 8.09. The largest absolute Gasteiger partial charge is 0.383 e. The van der Waals surface area contributed by atoms with Crippen molar-refractivity contribution in [1.29, 1.82) is 0 Å². The van der Waals surface area contributed by atoms with E-state index in [1.54, 1.807) is 6.20 Å². The Kier molecular flexibility index (Phi) is 4.73. The summed E-state index contributed by atoms with van der Waals surface area (Å²) in [5.41, 5.74) is 7.15. The molecule has 0 saturated carbocycles. The number of anilines is 1. The van der Waals surface area contributed by atoms with Crippen molar-refractivity contribution in [1.82, 2.24) is 15.2 Å². The highest BCUT2D eigenvalue weighted by molar-refractivity contribution is 5.41. The molecular formula is C16H26N4O. The van der Waals surface area contributed by atoms with Gasteiger partial charge in [-0.25, -0.2) is 4.98 Å². The molecule has 0 aromatic carbocycles. The van der Waals surface area contributed by atoms with Gasteiger partial charge in [0.2, 0.25) is 0 Å². The number of hydrogen-bond acceptors (Lipinski definition) is 5. The zero-order chi connectivity index (χ0) is 14.7. The molecule has 0 radical (unpaired) electrons. The van der Waals surface area contributed by atoms with Crippen LogP contribution < -0.4 is 11.1 Å². The normalized spacial score (nSPS) is 27.5. The zero-order valence-corrected chi connectivity index (χ0v) is 12.8. The van der Waals surface area contributed by atoms with Gasteiger partial charge in [-0.3, -0.25) is 4.90 Å². The van der Waals surface area contributed by atoms with Crippen LogP contribution in [0.25, 0.3) is 0 Å². The fourth-order valence-electron chi connectivity index (χ4n) is 3.48. The van der Waals surface area contributed by atoms with Crippen LogP contribution >= 0.6 is 0 Å². The van der Waals surface area contributed by atoms with Crippen molar-refractivity contribution in [2.24, 2.45) is 0 Å². The highest BCUT2D eigenvalue weighted by atomic mass is 16.5. The lowest BCUT2D eigenvalue weighted by molar-refractivity contribution is -0.0651. The van der Waals surface area contributed by atoms with E-state index in [-0.39, 0.29) is 12.1 Å². The molecule has 3 N–H and O–H groups in total. The second-order valence-corrected chi connectivity index (χ2v) is 6.07. The molecule has 0 aliphatic carbocycles. The number of fused-ring (bicyclic) bond motifs is 1. The second-order valence-electron chi connectivity index (χ2n) is 6.07. The fourth-order valence-corrected chi connectivity index (χ4v) is 3.48. The van der Waals surface area contributed by atoms with E-state index in [1.807, 2.05) is 6.07 Å². The lowest BCUT2D eigenvalue weighted by Gasteiger charge is -2.39. The predicted octanol–water partition coefficient (Wildman–Crippen LogP) is 1.57. The summed E-state index contributed by atoms with van der Waals surface area (Å²) in [6, 6.07) is 4.77. The Labute approximate surface area is 126 Å². The van der Waals surface area contributed by atoms with Crippen molar-refractivity contribution in [3.05, 3.63) is 23.9 Å². The van der Waals surface area contributed by atoms with Gasteiger partial charge < -0.3 is 15.8 Å². The maximum absolute atomic E-state index is 6.17. The number of nitrogen functional groups attached to an aromatic ring is 1. The van der Waals surface area contributed by atoms with E-state index >= 15 is 0 Å². The van der Waals surface area contributed by atoms with Crippen LogP contribution in [0.3, 0.4) is 0 Å². The summed E-state index contributed by atoms with van der Waals surface area (Å²) in [6.07, 6.45) is 5.55. The molecule has 0 amide bonds. The summed E-state index contributed by atoms with van der Waals surface area (Å²) in [4.78, 5) is 6.81. The van der Waals surface area contributed by atoms with Gasteiger partial charge in [0.25, 0.3) is 0 Å². The van der Waals surface area contributed by atoms with Crippen molar-refractivity contribution in [3.63, 3.8) is 0 Å². The number of nitrogens with one attached hydrogen (secondary N) is 1. The van der Waals surface area contributed by atoms with Gasteiger partial charge in [-0.2, -0.15) is 0 Å². The summed E-state index contributed by atoms with van der Waals surface area (Å²) in [7, 11) is 0. The first-order chi connectivity index (χ1) is 10.3. The molecule has 5 nitrogen and oxygen atoms in total. The molecule has 2 aliphatic heterocycles. The summed E-state index contributed by atoms with van der Waals surface area (Å²) >= 11 is 0. The highest BCUT2D eigenvalue weighted by Gasteiger charge is 2.36. The SMILES string of the molecule is CCCNC(c1cccnc1N)C1CN2CCCC2CO1. The van der Waals surface area contributed by atoms with Gasteiger partial charge in [0.1, 0.15) is 5.82 Å². The van der Waals surface area contributed by atoms with Crippen molar-refractivity contribution < 1.29 is 4.74 Å². The summed E-state index contributed by atoms with van der Waals surface area (Å²) in [5.74, 6) is 0.609. The molecule has 2 saturated heterocycles. The van der Waals surface area contributed by atoms with Crippen molar-refractivity contribution in [2.45, 2.75) is 44.4 Å². The minimum Gasteiger partial charge on any atom is -0.383 e. The standard InChI is InChI=1S/C16H26N4O/c1-2-7-18-15(13-6-3-8-19-16(13)17)14-10-20-9-4-5-12(20)11-21-14/h3,6,8,12,14-15,18H,2,4-5,7,9-11H2,1H3,(H2,17,19). The summed E-state index contributed by atoms with van der Waals surface area (Å²) in [6.45, 7) is 6.17. The minimum atomic E-state index is 0.125. The topological polar surface area (TPSA) is 63.4 Å². The maximum atomic E-state index is 6.17. The predicted molar refractivity (Wildman–Crippen MR) is 84.0 cm³/mol. The lowest BCUT2D eigenvalue weighted by Crippen LogP contribution is -2.50. The van der Waals surface area contributed by atoms with Crippen LogP contribution in [0.5, 0.6) is 0 Å². The Hall–Kier alpha value is -1.17. The Morgan fingerprint density at radius 1 is 1.57 bits per heavy atom. The molecule has 1 aromatic heterocycles. The van der Waals surface area contributed by atoms with E-state index < -0.39 is 0 Å². The van der Waals surface area contributed by atoms with Crippen LogP contribution in [-0.4, -0.2) is 48.3 Å². The van der Waals surface area contributed by atoms with E-state index in [4.69, 9.17) is 10.5 Å². The van der Waals surface area contributed by atoms with Crippen LogP contribution in [0, 0.1) is 0 Å². The van der Waals surface area contributed by atoms with Crippen LogP contribution in [0.4, 0.5) is 5.82 Å². The first kappa shape index (κ1) is 14.8. The molecule has 0 bridgehead atoms. The number of aromatic nitrogens is 1. The Balaban J connectivity index is 1.77. The van der Waals surface area contributed by atoms with E-state index in [0.717, 1.165) is 31.7 Å². The number of nitrogens with two attached hydrogens (primary N) is 1. The Morgan fingerprint density at radius 3 is 3.29 bits per heavy atom. The molecule has 3 rings (SSSR count). The van der Waals surface area contributed by atoms with Crippen LogP contribution in [-0.2, 0) is 4.74 Å². The van der Waals surface area contributed by atoms with Crippen LogP contribution in [0.1, 0.15) is 37.8 Å². The number of morpholine rings is 1. The van der Waals surface area contributed by atoms with Gasteiger partial charge >= 0.3 is 0 Å². The molecular weight excluding hydrogens is 264 g/mol. The number of pyridine rings is 1. The van der Waals surface area contributed by atoms with Crippen LogP contribution in [0.15, 0.2) is 18.3 Å². The van der Waals surface area contributed by atoms with Crippen molar-refractivity contribution in [2.75, 3.05) is 32.0 Å². The number of nitrogens with zero attached hydrogens (tertiary/aromatic N) is 2. The Bertz CT molecular complexity index is 467. The van der Waals surface area contributed by atoms with Gasteiger partial charge in [-0.15, -0.1) is 0 Å². The third-order valence-corrected chi connectivity index (χ3v) is 4.61. The monoisotopic (exact) mass is 290 g/mol. The number of hydrogen-bond donors (Lipinski definition) is 2. The quantitative estimate of drug-likeness (QED) is 0.862. The molecule has 2 fully saturated rings. The zero-order valence-electron chi connectivity index (χ0n) is 12.8. The molecule has 3 unspecified atom stereocenters. The first-order valence-electron chi connectivity index (χ1n) is 8.09. The van der Waals surface area contributed by atoms with Gasteiger partial charge in [-0.1, -0.05) is 13.0 Å². The molecule has 0 spiro atoms. The molecule has 5 heteroatoms. The van der Waals surface area contributed by atoms with Gasteiger partial charge in [0.05, 0.1) is 18.8 Å². The van der Waals surface area contributed by atoms with E-state index in [9.17, 15) is 0 Å². The maximum Gasteiger partial charge on any atom is 0.128 e. The average molecular weight is 290 g/mol. The van der Waals surface area contributed by atoms with Crippen molar-refractivity contribution in [3.8, 4) is 0 Å². The third kappa shape index (κ3) is 3.20. The van der Waals surface area contributed by atoms with Gasteiger partial charge in [0.15, 0.2) is 0 Å². The third-order valence-electron chi connectivity index (χ3n) is 4.61. The van der Waals surface area contributed by atoms with E-state index in [1.165, 1.54) is 19.4 Å². The summed E-state index contributed by atoms with van der Waals surface area (Å²) in [5, 5.41) is 3.60. The van der Waals surface area contributed by atoms with Crippen LogP contribution in [0.2, 0.25) is 0 Å². The smallest absolute Gasteiger partial charge is 0.128 e. The second kappa shape index (κ2) is 6.73. The molecule has 3 atom stereocenters. The Morgan fingerprint density at radius 2 is 2.48 bits per heavy atom. The molecule has 116 valence electrons. The van der Waals surface area contributed by atoms with Gasteiger partial charge in [-0.05, 0) is 38.4 Å². The summed E-state index contributed by atoms with van der Waals surface area (Å²) < 4.78 is 6.17. The molecule has 3 heterocycles. The molecule has 21 heavy (non-hydrogen) atoms. The fraction of sp³-hybridized carbons (Fsp3) is 0.688. The van der Waals surface area contributed by atoms with E-state index in [0.29, 0.717) is 11.9 Å². The highest BCUT2D eigenvalue weighted by Crippen LogP contribution is 2.30. The number of rotatable bonds is 5. The van der Waals surface area contributed by atoms with E-state index in [2.05, 4.69) is 28.2 Å². The molecule has 2 aliphatic rings. The molecule has 1 aromatic rings. The van der Waals surface area contributed by atoms with Gasteiger partial charge in [0, 0.05) is 24.3 Å².